The molecule has 0 aliphatic heterocycles. The Kier molecular flexibility index (Phi) is 3.73. The topological polar surface area (TPSA) is 37.2 Å². The molecular formula is C15H22N2O. The molecule has 1 aromatic heterocycles. The molecule has 2 aromatic rings. The summed E-state index contributed by atoms with van der Waals surface area (Å²) in [6.07, 6.45) is 2.03. The average molecular weight is 246 g/mol. The zero-order chi connectivity index (χ0) is 13.2. The van der Waals surface area contributed by atoms with E-state index in [0.29, 0.717) is 6.54 Å². The molecule has 3 nitrogen and oxygen atoms in total. The molecule has 3 heteroatoms. The molecule has 2 N–H and O–H groups in total. The number of benzene rings is 1. The van der Waals surface area contributed by atoms with Gasteiger partial charge in [0.15, 0.2) is 0 Å². The Bertz CT molecular complexity index is 523. The molecule has 0 amide bonds. The summed E-state index contributed by atoms with van der Waals surface area (Å²) in [4.78, 5) is 0. The molecule has 0 saturated heterocycles. The van der Waals surface area contributed by atoms with Crippen LogP contribution in [0.15, 0.2) is 30.5 Å². The fourth-order valence-electron chi connectivity index (χ4n) is 2.03. The van der Waals surface area contributed by atoms with Crippen LogP contribution in [0.4, 0.5) is 0 Å². The molecule has 0 aliphatic carbocycles. The molecule has 0 atom stereocenters. The van der Waals surface area contributed by atoms with Crippen LogP contribution < -0.4 is 5.32 Å². The lowest BCUT2D eigenvalue weighted by Crippen LogP contribution is -2.35. The first-order valence-corrected chi connectivity index (χ1v) is 6.43. The van der Waals surface area contributed by atoms with Gasteiger partial charge in [-0.25, -0.2) is 0 Å². The zero-order valence-electron chi connectivity index (χ0n) is 11.4. The van der Waals surface area contributed by atoms with Gasteiger partial charge in [-0.15, -0.1) is 0 Å². The Labute approximate surface area is 108 Å². The third-order valence-electron chi connectivity index (χ3n) is 3.00. The molecule has 18 heavy (non-hydrogen) atoms. The fourth-order valence-corrected chi connectivity index (χ4v) is 2.03. The van der Waals surface area contributed by atoms with Crippen molar-refractivity contribution in [1.82, 2.24) is 9.88 Å². The third-order valence-corrected chi connectivity index (χ3v) is 3.00. The first kappa shape index (κ1) is 13.1. The number of aliphatic hydroxyl groups is 1. The van der Waals surface area contributed by atoms with Gasteiger partial charge in [0.1, 0.15) is 0 Å². The van der Waals surface area contributed by atoms with Crippen LogP contribution >= 0.6 is 0 Å². The highest BCUT2D eigenvalue weighted by Gasteiger charge is 2.09. The lowest BCUT2D eigenvalue weighted by molar-refractivity contribution is 0.278. The second-order valence-electron chi connectivity index (χ2n) is 5.73. The van der Waals surface area contributed by atoms with Crippen LogP contribution in [0, 0.1) is 0 Å². The maximum absolute atomic E-state index is 9.00. The first-order chi connectivity index (χ1) is 8.49. The summed E-state index contributed by atoms with van der Waals surface area (Å²) in [5.41, 5.74) is 2.61. The lowest BCUT2D eigenvalue weighted by atomic mass is 10.1. The number of aliphatic hydroxyl groups excluding tert-OH is 1. The predicted octanol–water partition coefficient (Wildman–Crippen LogP) is 2.52. The lowest BCUT2D eigenvalue weighted by Gasteiger charge is -2.20. The normalized spacial score (nSPS) is 12.2. The standard InChI is InChI=1S/C15H22N2O/c1-15(2,3)16-11-12-4-5-14-13(10-12)6-7-17(14)8-9-18/h4-7,10,16,18H,8-9,11H2,1-3H3. The molecule has 0 spiro atoms. The monoisotopic (exact) mass is 246 g/mol. The minimum atomic E-state index is 0.137. The van der Waals surface area contributed by atoms with Gasteiger partial charge < -0.3 is 15.0 Å². The van der Waals surface area contributed by atoms with Crippen molar-refractivity contribution < 1.29 is 5.11 Å². The van der Waals surface area contributed by atoms with Gasteiger partial charge in [0.2, 0.25) is 0 Å². The Morgan fingerprint density at radius 3 is 2.67 bits per heavy atom. The van der Waals surface area contributed by atoms with Gasteiger partial charge in [0, 0.05) is 30.3 Å². The van der Waals surface area contributed by atoms with Crippen LogP contribution in [0.1, 0.15) is 26.3 Å². The van der Waals surface area contributed by atoms with Gasteiger partial charge in [0.25, 0.3) is 0 Å². The quantitative estimate of drug-likeness (QED) is 0.870. The summed E-state index contributed by atoms with van der Waals surface area (Å²) in [6, 6.07) is 8.59. The number of aromatic nitrogens is 1. The van der Waals surface area contributed by atoms with E-state index >= 15 is 0 Å². The molecule has 1 aromatic carbocycles. The highest BCUT2D eigenvalue weighted by molar-refractivity contribution is 5.80. The predicted molar refractivity (Wildman–Crippen MR) is 75.6 cm³/mol. The molecule has 1 heterocycles. The minimum Gasteiger partial charge on any atom is -0.395 e. The summed E-state index contributed by atoms with van der Waals surface area (Å²) in [6.45, 7) is 8.22. The van der Waals surface area contributed by atoms with Gasteiger partial charge in [-0.1, -0.05) is 6.07 Å². The summed E-state index contributed by atoms with van der Waals surface area (Å²) >= 11 is 0. The summed E-state index contributed by atoms with van der Waals surface area (Å²) < 4.78 is 2.08. The van der Waals surface area contributed by atoms with E-state index in [0.717, 1.165) is 6.54 Å². The Morgan fingerprint density at radius 1 is 1.22 bits per heavy atom. The van der Waals surface area contributed by atoms with E-state index in [4.69, 9.17) is 5.11 Å². The molecule has 0 aliphatic rings. The second-order valence-corrected chi connectivity index (χ2v) is 5.73. The molecule has 98 valence electrons. The molecule has 0 fully saturated rings. The van der Waals surface area contributed by atoms with E-state index in [1.54, 1.807) is 0 Å². The smallest absolute Gasteiger partial charge is 0.0610 e. The van der Waals surface area contributed by atoms with Crippen LogP contribution in [0.5, 0.6) is 0 Å². The van der Waals surface area contributed by atoms with E-state index in [2.05, 4.69) is 54.9 Å². The van der Waals surface area contributed by atoms with Crippen LogP contribution in [0.25, 0.3) is 10.9 Å². The Balaban J connectivity index is 2.18. The van der Waals surface area contributed by atoms with Crippen molar-refractivity contribution in [3.05, 3.63) is 36.0 Å². The molecule has 0 radical (unpaired) electrons. The Hall–Kier alpha value is -1.32. The maximum Gasteiger partial charge on any atom is 0.0610 e. The highest BCUT2D eigenvalue weighted by atomic mass is 16.3. The van der Waals surface area contributed by atoms with Crippen molar-refractivity contribution in [3.63, 3.8) is 0 Å². The third kappa shape index (κ3) is 3.12. The number of fused-ring (bicyclic) bond motifs is 1. The van der Waals surface area contributed by atoms with E-state index in [-0.39, 0.29) is 12.1 Å². The highest BCUT2D eigenvalue weighted by Crippen LogP contribution is 2.18. The van der Waals surface area contributed by atoms with Gasteiger partial charge in [-0.2, -0.15) is 0 Å². The van der Waals surface area contributed by atoms with E-state index < -0.39 is 0 Å². The number of hydrogen-bond acceptors (Lipinski definition) is 2. The van der Waals surface area contributed by atoms with Gasteiger partial charge in [-0.3, -0.25) is 0 Å². The van der Waals surface area contributed by atoms with Crippen LogP contribution in [0.2, 0.25) is 0 Å². The average Bonchev–Trinajstić information content (AvgIpc) is 2.69. The van der Waals surface area contributed by atoms with Crippen molar-refractivity contribution in [1.29, 1.82) is 0 Å². The maximum atomic E-state index is 9.00. The van der Waals surface area contributed by atoms with Crippen LogP contribution in [-0.2, 0) is 13.1 Å². The van der Waals surface area contributed by atoms with Crippen LogP contribution in [0.3, 0.4) is 0 Å². The first-order valence-electron chi connectivity index (χ1n) is 6.43. The zero-order valence-corrected chi connectivity index (χ0v) is 11.4. The molecular weight excluding hydrogens is 224 g/mol. The second kappa shape index (κ2) is 5.12. The molecule has 0 bridgehead atoms. The number of rotatable bonds is 4. The molecule has 2 rings (SSSR count). The van der Waals surface area contributed by atoms with E-state index in [1.807, 2.05) is 6.20 Å². The number of nitrogens with one attached hydrogen (secondary N) is 1. The number of nitrogens with zero attached hydrogens (tertiary/aromatic N) is 1. The van der Waals surface area contributed by atoms with Gasteiger partial charge >= 0.3 is 0 Å². The van der Waals surface area contributed by atoms with Crippen molar-refractivity contribution in [3.8, 4) is 0 Å². The Morgan fingerprint density at radius 2 is 2.00 bits per heavy atom. The number of hydrogen-bond donors (Lipinski definition) is 2. The fraction of sp³-hybridized carbons (Fsp3) is 0.467. The van der Waals surface area contributed by atoms with Crippen molar-refractivity contribution in [2.75, 3.05) is 6.61 Å². The summed E-state index contributed by atoms with van der Waals surface area (Å²) in [5.74, 6) is 0. The largest absolute Gasteiger partial charge is 0.395 e. The van der Waals surface area contributed by atoms with Gasteiger partial charge in [-0.05, 0) is 49.9 Å². The molecule has 0 saturated carbocycles. The van der Waals surface area contributed by atoms with E-state index in [1.165, 1.54) is 16.5 Å². The van der Waals surface area contributed by atoms with Crippen molar-refractivity contribution in [2.45, 2.75) is 39.4 Å². The van der Waals surface area contributed by atoms with Crippen molar-refractivity contribution in [2.24, 2.45) is 0 Å². The van der Waals surface area contributed by atoms with Gasteiger partial charge in [0.05, 0.1) is 6.61 Å². The minimum absolute atomic E-state index is 0.137. The SMILES string of the molecule is CC(C)(C)NCc1ccc2c(ccn2CCO)c1. The van der Waals surface area contributed by atoms with Crippen LogP contribution in [-0.4, -0.2) is 21.8 Å². The van der Waals surface area contributed by atoms with E-state index in [9.17, 15) is 0 Å². The summed E-state index contributed by atoms with van der Waals surface area (Å²) in [5, 5.41) is 13.7. The summed E-state index contributed by atoms with van der Waals surface area (Å²) in [7, 11) is 0. The molecule has 0 unspecified atom stereocenters. The van der Waals surface area contributed by atoms with Crippen molar-refractivity contribution >= 4 is 10.9 Å².